The Labute approximate surface area is 123 Å². The Morgan fingerprint density at radius 2 is 2.25 bits per heavy atom. The van der Waals surface area contributed by atoms with Gasteiger partial charge in [0.25, 0.3) is 0 Å². The molecule has 1 aromatic carbocycles. The second-order valence-corrected chi connectivity index (χ2v) is 8.31. The molecule has 7 heteroatoms. The number of nitrogens with zero attached hydrogens (tertiary/aromatic N) is 1. The van der Waals surface area contributed by atoms with Crippen LogP contribution in [0.5, 0.6) is 0 Å². The first-order valence-corrected chi connectivity index (χ1v) is 9.51. The van der Waals surface area contributed by atoms with Crippen LogP contribution in [-0.4, -0.2) is 43.0 Å². The summed E-state index contributed by atoms with van der Waals surface area (Å²) in [5.74, 6) is 1.09. The molecule has 1 atom stereocenters. The summed E-state index contributed by atoms with van der Waals surface area (Å²) in [6.45, 7) is 1.26. The van der Waals surface area contributed by atoms with Crippen molar-refractivity contribution < 1.29 is 12.8 Å². The van der Waals surface area contributed by atoms with E-state index in [1.165, 1.54) is 12.3 Å². The molecular formula is C13H19FN2O2S2. The first-order valence-electron chi connectivity index (χ1n) is 6.40. The maximum Gasteiger partial charge on any atom is 0.164 e. The molecule has 1 saturated heterocycles. The quantitative estimate of drug-likeness (QED) is 0.904. The van der Waals surface area contributed by atoms with E-state index in [1.807, 2.05) is 4.90 Å². The second-order valence-electron chi connectivity index (χ2n) is 4.96. The standard InChI is InChI=1S/C13H19FN2O2S2/c1-20(17,18)13-9-19-5-4-16(13)8-11-3-2-10(7-15)6-12(11)14/h2-3,6,13H,4-5,7-9,15H2,1H3. The zero-order chi connectivity index (χ0) is 14.8. The number of hydrogen-bond donors (Lipinski definition) is 1. The van der Waals surface area contributed by atoms with E-state index in [0.717, 1.165) is 11.3 Å². The van der Waals surface area contributed by atoms with E-state index >= 15 is 0 Å². The normalized spacial score (nSPS) is 21.1. The minimum atomic E-state index is -3.16. The molecule has 0 aliphatic carbocycles. The third kappa shape index (κ3) is 3.72. The molecule has 1 fully saturated rings. The average molecular weight is 318 g/mol. The first-order chi connectivity index (χ1) is 9.41. The van der Waals surface area contributed by atoms with Crippen LogP contribution in [0, 0.1) is 5.82 Å². The number of thioether (sulfide) groups is 1. The topological polar surface area (TPSA) is 63.4 Å². The summed E-state index contributed by atoms with van der Waals surface area (Å²) in [5, 5.41) is -0.533. The molecule has 2 N–H and O–H groups in total. The average Bonchev–Trinajstić information content (AvgIpc) is 2.40. The fourth-order valence-corrected chi connectivity index (χ4v) is 5.20. The predicted octanol–water partition coefficient (Wildman–Crippen LogP) is 1.20. The van der Waals surface area contributed by atoms with Gasteiger partial charge in [0.1, 0.15) is 11.2 Å². The minimum Gasteiger partial charge on any atom is -0.326 e. The third-order valence-electron chi connectivity index (χ3n) is 3.41. The molecule has 0 aromatic heterocycles. The zero-order valence-corrected chi connectivity index (χ0v) is 13.0. The summed E-state index contributed by atoms with van der Waals surface area (Å²) in [4.78, 5) is 1.84. The largest absolute Gasteiger partial charge is 0.326 e. The van der Waals surface area contributed by atoms with Crippen LogP contribution in [0.1, 0.15) is 11.1 Å². The summed E-state index contributed by atoms with van der Waals surface area (Å²) >= 11 is 1.62. The summed E-state index contributed by atoms with van der Waals surface area (Å²) in [6.07, 6.45) is 1.24. The van der Waals surface area contributed by atoms with Gasteiger partial charge >= 0.3 is 0 Å². The molecule has 20 heavy (non-hydrogen) atoms. The van der Waals surface area contributed by atoms with Gasteiger partial charge in [-0.2, -0.15) is 11.8 Å². The fraction of sp³-hybridized carbons (Fsp3) is 0.538. The van der Waals surface area contributed by atoms with Crippen molar-refractivity contribution >= 4 is 21.6 Å². The van der Waals surface area contributed by atoms with Crippen molar-refractivity contribution in [2.75, 3.05) is 24.3 Å². The van der Waals surface area contributed by atoms with E-state index in [9.17, 15) is 12.8 Å². The summed E-state index contributed by atoms with van der Waals surface area (Å²) in [7, 11) is -3.16. The van der Waals surface area contributed by atoms with Crippen LogP contribution in [0.3, 0.4) is 0 Å². The molecule has 0 saturated carbocycles. The van der Waals surface area contributed by atoms with Crippen molar-refractivity contribution in [1.82, 2.24) is 4.90 Å². The highest BCUT2D eigenvalue weighted by molar-refractivity contribution is 8.00. The Hall–Kier alpha value is -0.630. The van der Waals surface area contributed by atoms with Gasteiger partial charge < -0.3 is 5.73 Å². The first kappa shape index (κ1) is 15.8. The van der Waals surface area contributed by atoms with E-state index in [-0.39, 0.29) is 5.82 Å². The number of benzene rings is 1. The van der Waals surface area contributed by atoms with Gasteiger partial charge in [0, 0.05) is 43.0 Å². The van der Waals surface area contributed by atoms with E-state index in [1.54, 1.807) is 23.9 Å². The number of nitrogens with two attached hydrogens (primary N) is 1. The van der Waals surface area contributed by atoms with Crippen LogP contribution < -0.4 is 5.73 Å². The SMILES string of the molecule is CS(=O)(=O)C1CSCCN1Cc1ccc(CN)cc1F. The van der Waals surface area contributed by atoms with Crippen molar-refractivity contribution in [3.8, 4) is 0 Å². The van der Waals surface area contributed by atoms with Gasteiger partial charge in [-0.3, -0.25) is 4.90 Å². The molecule has 0 amide bonds. The Kier molecular flexibility index (Phi) is 5.06. The van der Waals surface area contributed by atoms with Crippen LogP contribution in [0.2, 0.25) is 0 Å². The van der Waals surface area contributed by atoms with Gasteiger partial charge in [0.2, 0.25) is 0 Å². The zero-order valence-electron chi connectivity index (χ0n) is 11.4. The van der Waals surface area contributed by atoms with Crippen LogP contribution in [0.25, 0.3) is 0 Å². The van der Waals surface area contributed by atoms with Gasteiger partial charge in [-0.25, -0.2) is 12.8 Å². The number of hydrogen-bond acceptors (Lipinski definition) is 5. The smallest absolute Gasteiger partial charge is 0.164 e. The lowest BCUT2D eigenvalue weighted by atomic mass is 10.1. The van der Waals surface area contributed by atoms with Crippen LogP contribution >= 0.6 is 11.8 Å². The maximum atomic E-state index is 14.0. The monoisotopic (exact) mass is 318 g/mol. The molecule has 2 rings (SSSR count). The van der Waals surface area contributed by atoms with Crippen molar-refractivity contribution in [3.63, 3.8) is 0 Å². The molecule has 1 aliphatic heterocycles. The highest BCUT2D eigenvalue weighted by Crippen LogP contribution is 2.23. The second kappa shape index (κ2) is 6.43. The summed E-state index contributed by atoms with van der Waals surface area (Å²) in [5.41, 5.74) is 6.73. The molecule has 112 valence electrons. The Bertz CT molecular complexity index is 578. The van der Waals surface area contributed by atoms with Crippen LogP contribution in [0.15, 0.2) is 18.2 Å². The number of sulfone groups is 1. The Balaban J connectivity index is 2.19. The molecule has 1 unspecified atom stereocenters. The highest BCUT2D eigenvalue weighted by Gasteiger charge is 2.31. The van der Waals surface area contributed by atoms with E-state index in [4.69, 9.17) is 5.73 Å². The molecule has 1 heterocycles. The molecule has 1 aliphatic rings. The van der Waals surface area contributed by atoms with Gasteiger partial charge in [0.15, 0.2) is 9.84 Å². The van der Waals surface area contributed by atoms with Crippen molar-refractivity contribution in [2.45, 2.75) is 18.5 Å². The predicted molar refractivity (Wildman–Crippen MR) is 80.7 cm³/mol. The number of rotatable bonds is 4. The fourth-order valence-electron chi connectivity index (χ4n) is 2.26. The summed E-state index contributed by atoms with van der Waals surface area (Å²) in [6, 6.07) is 4.90. The highest BCUT2D eigenvalue weighted by atomic mass is 32.2. The van der Waals surface area contributed by atoms with Crippen molar-refractivity contribution in [1.29, 1.82) is 0 Å². The molecule has 0 radical (unpaired) electrons. The third-order valence-corrected chi connectivity index (χ3v) is 6.10. The van der Waals surface area contributed by atoms with Gasteiger partial charge in [0.05, 0.1) is 0 Å². The lowest BCUT2D eigenvalue weighted by Crippen LogP contribution is -2.46. The molecule has 0 spiro atoms. The minimum absolute atomic E-state index is 0.295. The van der Waals surface area contributed by atoms with Crippen LogP contribution in [-0.2, 0) is 22.9 Å². The lowest BCUT2D eigenvalue weighted by Gasteiger charge is -2.34. The van der Waals surface area contributed by atoms with Gasteiger partial charge in [-0.1, -0.05) is 12.1 Å². The molecular weight excluding hydrogens is 299 g/mol. The van der Waals surface area contributed by atoms with E-state index < -0.39 is 15.2 Å². The van der Waals surface area contributed by atoms with E-state index in [2.05, 4.69) is 0 Å². The molecule has 1 aromatic rings. The van der Waals surface area contributed by atoms with Crippen molar-refractivity contribution in [3.05, 3.63) is 35.1 Å². The van der Waals surface area contributed by atoms with Crippen LogP contribution in [0.4, 0.5) is 4.39 Å². The molecule has 0 bridgehead atoms. The van der Waals surface area contributed by atoms with Gasteiger partial charge in [-0.15, -0.1) is 0 Å². The lowest BCUT2D eigenvalue weighted by molar-refractivity contribution is 0.258. The van der Waals surface area contributed by atoms with Crippen molar-refractivity contribution in [2.24, 2.45) is 5.73 Å². The number of halogens is 1. The molecule has 4 nitrogen and oxygen atoms in total. The Morgan fingerprint density at radius 3 is 2.85 bits per heavy atom. The summed E-state index contributed by atoms with van der Waals surface area (Å²) < 4.78 is 37.6. The van der Waals surface area contributed by atoms with E-state index in [0.29, 0.717) is 31.0 Å². The van der Waals surface area contributed by atoms with Gasteiger partial charge in [-0.05, 0) is 11.6 Å². The maximum absolute atomic E-state index is 14.0. The Morgan fingerprint density at radius 1 is 1.50 bits per heavy atom.